The molecule has 0 spiro atoms. The number of hydrogen-bond donors (Lipinski definition) is 2. The second kappa shape index (κ2) is 11.3. The third-order valence-corrected chi connectivity index (χ3v) is 8.78. The number of amides is 3. The highest BCUT2D eigenvalue weighted by Crippen LogP contribution is 2.49. The molecule has 1 aromatic carbocycles. The molecule has 1 saturated carbocycles. The van der Waals surface area contributed by atoms with Crippen molar-refractivity contribution in [2.24, 2.45) is 24.8 Å². The highest BCUT2D eigenvalue weighted by molar-refractivity contribution is 6.34. The van der Waals surface area contributed by atoms with Gasteiger partial charge in [-0.05, 0) is 43.1 Å². The van der Waals surface area contributed by atoms with Gasteiger partial charge in [0.25, 0.3) is 11.8 Å². The summed E-state index contributed by atoms with van der Waals surface area (Å²) in [6.07, 6.45) is 2.77. The Morgan fingerprint density at radius 2 is 1.82 bits per heavy atom. The number of fused-ring (bicyclic) bond motifs is 1. The van der Waals surface area contributed by atoms with Crippen LogP contribution in [0.3, 0.4) is 0 Å². The maximum atomic E-state index is 13.6. The minimum atomic E-state index is -4.75. The molecule has 3 fully saturated rings. The van der Waals surface area contributed by atoms with Gasteiger partial charge in [0.15, 0.2) is 11.5 Å². The molecule has 6 rings (SSSR count). The lowest BCUT2D eigenvalue weighted by molar-refractivity contribution is -0.141. The summed E-state index contributed by atoms with van der Waals surface area (Å²) < 4.78 is 43.1. The third kappa shape index (κ3) is 5.41. The molecule has 2 aliphatic heterocycles. The largest absolute Gasteiger partial charge is 0.435 e. The van der Waals surface area contributed by atoms with Crippen LogP contribution in [0, 0.1) is 30.1 Å². The van der Waals surface area contributed by atoms with Crippen molar-refractivity contribution in [2.75, 3.05) is 44.6 Å². The number of aromatic nitrogens is 4. The fourth-order valence-corrected chi connectivity index (χ4v) is 6.37. The molecular weight excluding hydrogens is 601 g/mol. The van der Waals surface area contributed by atoms with Crippen molar-refractivity contribution >= 4 is 35.0 Å². The van der Waals surface area contributed by atoms with Crippen LogP contribution in [0.15, 0.2) is 30.6 Å². The van der Waals surface area contributed by atoms with Crippen LogP contribution in [0.1, 0.15) is 26.7 Å². The zero-order valence-electron chi connectivity index (χ0n) is 23.6. The average molecular weight is 629 g/mol. The molecule has 230 valence electrons. The first-order valence-electron chi connectivity index (χ1n) is 14.0. The van der Waals surface area contributed by atoms with Crippen LogP contribution in [-0.2, 0) is 24.6 Å². The Morgan fingerprint density at radius 3 is 2.45 bits per heavy atom. The number of terminal acetylenes is 1. The smallest absolute Gasteiger partial charge is 0.339 e. The number of alkyl halides is 3. The number of hydrogen-bond acceptors (Lipinski definition) is 6. The maximum absolute atomic E-state index is 13.6. The quantitative estimate of drug-likeness (QED) is 0.406. The Morgan fingerprint density at radius 1 is 1.14 bits per heavy atom. The second-order valence-corrected chi connectivity index (χ2v) is 11.5. The van der Waals surface area contributed by atoms with Gasteiger partial charge in [-0.25, -0.2) is 4.98 Å². The number of benzene rings is 1. The third-order valence-electron chi connectivity index (χ3n) is 8.46. The second-order valence-electron chi connectivity index (χ2n) is 11.1. The number of halogens is 4. The molecule has 1 aliphatic carbocycles. The lowest BCUT2D eigenvalue weighted by Crippen LogP contribution is -2.51. The van der Waals surface area contributed by atoms with Gasteiger partial charge in [-0.15, -0.1) is 6.42 Å². The first kappa shape index (κ1) is 29.7. The number of rotatable bonds is 6. The first-order valence-corrected chi connectivity index (χ1v) is 14.4. The van der Waals surface area contributed by atoms with E-state index >= 15 is 0 Å². The molecule has 11 nitrogen and oxygen atoms in total. The highest BCUT2D eigenvalue weighted by atomic mass is 35.5. The Balaban J connectivity index is 1.10. The minimum absolute atomic E-state index is 0.0171. The molecule has 0 bridgehead atoms. The standard InChI is InChI=1S/C29H28ClF3N8O3/c1-3-6-41-15-20(24(37-41)29(31,32)33)22-14-35-25(38(22)2)26(42)36-16-4-5-17(21(30)11-16)27(43)39-7-9-40(10-8-39)28(44)23-18-12-34-13-19(18)23/h1,4-5,11,14-15,18-19,23,34H,6-10,12-13H2,2H3,(H,36,42). The van der Waals surface area contributed by atoms with E-state index in [1.807, 2.05) is 4.90 Å². The van der Waals surface area contributed by atoms with Crippen LogP contribution in [-0.4, -0.2) is 86.1 Å². The highest BCUT2D eigenvalue weighted by Gasteiger charge is 2.58. The van der Waals surface area contributed by atoms with Gasteiger partial charge in [0.05, 0.1) is 28.0 Å². The van der Waals surface area contributed by atoms with E-state index in [0.717, 1.165) is 30.2 Å². The van der Waals surface area contributed by atoms with E-state index in [-0.39, 0.29) is 57.6 Å². The van der Waals surface area contributed by atoms with Crippen molar-refractivity contribution in [2.45, 2.75) is 12.7 Å². The zero-order chi connectivity index (χ0) is 31.3. The van der Waals surface area contributed by atoms with Gasteiger partial charge < -0.3 is 25.0 Å². The van der Waals surface area contributed by atoms with Crippen LogP contribution >= 0.6 is 11.6 Å². The number of nitrogens with one attached hydrogen (secondary N) is 2. The van der Waals surface area contributed by atoms with Crippen molar-refractivity contribution in [1.29, 1.82) is 0 Å². The monoisotopic (exact) mass is 628 g/mol. The summed E-state index contributed by atoms with van der Waals surface area (Å²) in [4.78, 5) is 46.6. The number of imidazole rings is 1. The average Bonchev–Trinajstić information content (AvgIpc) is 3.36. The molecule has 2 atom stereocenters. The predicted molar refractivity (Wildman–Crippen MR) is 153 cm³/mol. The van der Waals surface area contributed by atoms with Crippen LogP contribution in [0.2, 0.25) is 5.02 Å². The molecule has 3 aliphatic rings. The summed E-state index contributed by atoms with van der Waals surface area (Å²) >= 11 is 6.44. The number of anilines is 1. The van der Waals surface area contributed by atoms with E-state index in [1.165, 1.54) is 29.8 Å². The summed E-state index contributed by atoms with van der Waals surface area (Å²) in [5.41, 5.74) is -0.895. The van der Waals surface area contributed by atoms with E-state index in [1.54, 1.807) is 4.90 Å². The first-order chi connectivity index (χ1) is 21.0. The van der Waals surface area contributed by atoms with Crippen LogP contribution in [0.25, 0.3) is 11.3 Å². The minimum Gasteiger partial charge on any atom is -0.339 e. The van der Waals surface area contributed by atoms with Gasteiger partial charge >= 0.3 is 6.18 Å². The Bertz CT molecular complexity index is 1680. The summed E-state index contributed by atoms with van der Waals surface area (Å²) in [5.74, 6) is 2.24. The molecule has 3 amide bonds. The van der Waals surface area contributed by atoms with Crippen LogP contribution < -0.4 is 10.6 Å². The van der Waals surface area contributed by atoms with Crippen LogP contribution in [0.5, 0.6) is 0 Å². The van der Waals surface area contributed by atoms with Gasteiger partial charge in [-0.3, -0.25) is 19.1 Å². The SMILES string of the molecule is C#CCn1cc(-c2cnc(C(=O)Nc3ccc(C(=O)N4CCN(C(=O)C5C6CNCC65)CC4)c(Cl)c3)n2C)c(C(F)(F)F)n1. The number of piperidine rings is 1. The lowest BCUT2D eigenvalue weighted by atomic mass is 10.1. The molecule has 0 radical (unpaired) electrons. The number of piperazine rings is 1. The number of carbonyl (C=O) groups is 3. The molecule has 44 heavy (non-hydrogen) atoms. The Kier molecular flexibility index (Phi) is 7.63. The Hall–Kier alpha value is -4.35. The van der Waals surface area contributed by atoms with E-state index in [9.17, 15) is 27.6 Å². The van der Waals surface area contributed by atoms with Crippen LogP contribution in [0.4, 0.5) is 18.9 Å². The molecule has 15 heteroatoms. The normalized spacial score (nSPS) is 21.1. The predicted octanol–water partition coefficient (Wildman–Crippen LogP) is 2.59. The fourth-order valence-electron chi connectivity index (χ4n) is 6.11. The van der Waals surface area contributed by atoms with E-state index in [0.29, 0.717) is 38.0 Å². The van der Waals surface area contributed by atoms with E-state index in [4.69, 9.17) is 18.0 Å². The Labute approximate surface area is 255 Å². The van der Waals surface area contributed by atoms with Crippen molar-refractivity contribution in [1.82, 2.24) is 34.4 Å². The van der Waals surface area contributed by atoms with Crippen molar-refractivity contribution in [3.63, 3.8) is 0 Å². The summed E-state index contributed by atoms with van der Waals surface area (Å²) in [6, 6.07) is 4.42. The molecular formula is C29H28ClF3N8O3. The van der Waals surface area contributed by atoms with Crippen molar-refractivity contribution < 1.29 is 27.6 Å². The molecule has 2 aromatic heterocycles. The topological polar surface area (TPSA) is 117 Å². The van der Waals surface area contributed by atoms with E-state index < -0.39 is 17.8 Å². The maximum Gasteiger partial charge on any atom is 0.435 e. The summed E-state index contributed by atoms with van der Waals surface area (Å²) in [7, 11) is 1.41. The number of nitrogens with zero attached hydrogens (tertiary/aromatic N) is 6. The van der Waals surface area contributed by atoms with Crippen molar-refractivity contribution in [3.05, 3.63) is 52.7 Å². The molecule has 2 N–H and O–H groups in total. The summed E-state index contributed by atoms with van der Waals surface area (Å²) in [5, 5.41) is 9.58. The zero-order valence-corrected chi connectivity index (χ0v) is 24.3. The molecule has 3 aromatic rings. The fraction of sp³-hybridized carbons (Fsp3) is 0.414. The van der Waals surface area contributed by atoms with Gasteiger partial charge in [0, 0.05) is 51.0 Å². The van der Waals surface area contributed by atoms with Gasteiger partial charge in [-0.2, -0.15) is 18.3 Å². The van der Waals surface area contributed by atoms with Gasteiger partial charge in [0.1, 0.15) is 6.54 Å². The van der Waals surface area contributed by atoms with Crippen molar-refractivity contribution in [3.8, 4) is 23.6 Å². The molecule has 2 saturated heterocycles. The lowest BCUT2D eigenvalue weighted by Gasteiger charge is -2.35. The molecule has 4 heterocycles. The van der Waals surface area contributed by atoms with E-state index in [2.05, 4.69) is 26.6 Å². The number of carbonyl (C=O) groups excluding carboxylic acids is 3. The summed E-state index contributed by atoms with van der Waals surface area (Å²) in [6.45, 7) is 3.31. The molecule has 2 unspecified atom stereocenters. The van der Waals surface area contributed by atoms with Gasteiger partial charge in [0.2, 0.25) is 5.91 Å². The van der Waals surface area contributed by atoms with Gasteiger partial charge in [-0.1, -0.05) is 17.5 Å².